The molecule has 2 amide bonds. The number of hydrogen-bond donors (Lipinski definition) is 1. The van der Waals surface area contributed by atoms with E-state index in [1.807, 2.05) is 30.3 Å². The van der Waals surface area contributed by atoms with E-state index >= 15 is 0 Å². The number of nitrogens with zero attached hydrogens (tertiary/aromatic N) is 3. The molecule has 1 aliphatic heterocycles. The summed E-state index contributed by atoms with van der Waals surface area (Å²) in [7, 11) is 0. The van der Waals surface area contributed by atoms with Gasteiger partial charge in [0, 0.05) is 31.9 Å². The van der Waals surface area contributed by atoms with Crippen LogP contribution in [0.1, 0.15) is 15.9 Å². The van der Waals surface area contributed by atoms with Gasteiger partial charge in [0.15, 0.2) is 0 Å². The minimum Gasteiger partial charge on any atom is -0.353 e. The third-order valence-corrected chi connectivity index (χ3v) is 4.71. The van der Waals surface area contributed by atoms with Crippen LogP contribution in [0.25, 0.3) is 5.65 Å². The summed E-state index contributed by atoms with van der Waals surface area (Å²) in [6.07, 6.45) is 3.26. The number of rotatable bonds is 3. The minimum atomic E-state index is -0.662. The Balaban J connectivity index is 1.69. The van der Waals surface area contributed by atoms with Gasteiger partial charge in [-0.05, 0) is 17.7 Å². The molecule has 0 saturated carbocycles. The molecule has 1 N–H and O–H groups in total. The van der Waals surface area contributed by atoms with E-state index in [-0.39, 0.29) is 11.5 Å². The number of carbonyl (C=O) groups is 2. The highest BCUT2D eigenvalue weighted by Gasteiger charge is 2.34. The Labute approximate surface area is 155 Å². The van der Waals surface area contributed by atoms with E-state index in [9.17, 15) is 14.4 Å². The van der Waals surface area contributed by atoms with Crippen LogP contribution in [0.3, 0.4) is 0 Å². The fourth-order valence-electron chi connectivity index (χ4n) is 3.33. The van der Waals surface area contributed by atoms with Gasteiger partial charge in [0.2, 0.25) is 5.91 Å². The highest BCUT2D eigenvalue weighted by molar-refractivity contribution is 5.98. The normalized spacial score (nSPS) is 17.0. The van der Waals surface area contributed by atoms with Gasteiger partial charge < -0.3 is 10.2 Å². The van der Waals surface area contributed by atoms with Gasteiger partial charge in [-0.1, -0.05) is 36.4 Å². The van der Waals surface area contributed by atoms with Crippen molar-refractivity contribution >= 4 is 17.5 Å². The third-order valence-electron chi connectivity index (χ3n) is 4.71. The zero-order chi connectivity index (χ0) is 18.8. The number of piperazine rings is 1. The second-order valence-corrected chi connectivity index (χ2v) is 6.40. The molecule has 0 spiro atoms. The molecule has 0 aliphatic carbocycles. The van der Waals surface area contributed by atoms with Gasteiger partial charge >= 0.3 is 0 Å². The Morgan fingerprint density at radius 2 is 1.89 bits per heavy atom. The number of benzene rings is 1. The maximum atomic E-state index is 13.1. The molecule has 1 aromatic carbocycles. The molecule has 7 heteroatoms. The summed E-state index contributed by atoms with van der Waals surface area (Å²) < 4.78 is 1.34. The van der Waals surface area contributed by atoms with Crippen LogP contribution in [0.4, 0.5) is 0 Å². The van der Waals surface area contributed by atoms with Crippen LogP contribution in [-0.2, 0) is 11.2 Å². The number of amides is 2. The van der Waals surface area contributed by atoms with E-state index < -0.39 is 17.5 Å². The van der Waals surface area contributed by atoms with Crippen LogP contribution in [-0.4, -0.2) is 45.2 Å². The number of pyridine rings is 1. The van der Waals surface area contributed by atoms with Crippen LogP contribution in [0, 0.1) is 0 Å². The number of aromatic nitrogens is 2. The van der Waals surface area contributed by atoms with Gasteiger partial charge in [-0.2, -0.15) is 0 Å². The Morgan fingerprint density at radius 1 is 1.11 bits per heavy atom. The predicted octanol–water partition coefficient (Wildman–Crippen LogP) is 0.878. The van der Waals surface area contributed by atoms with Gasteiger partial charge in [-0.3, -0.25) is 18.8 Å². The van der Waals surface area contributed by atoms with Gasteiger partial charge in [0.05, 0.1) is 0 Å². The molecule has 1 fully saturated rings. The lowest BCUT2D eigenvalue weighted by atomic mass is 10.0. The molecule has 0 radical (unpaired) electrons. The Bertz CT molecular complexity index is 1060. The first kappa shape index (κ1) is 17.0. The molecule has 136 valence electrons. The number of fused-ring (bicyclic) bond motifs is 1. The number of hydrogen-bond acceptors (Lipinski definition) is 4. The Hall–Kier alpha value is -3.48. The summed E-state index contributed by atoms with van der Waals surface area (Å²) >= 11 is 0. The van der Waals surface area contributed by atoms with Gasteiger partial charge in [-0.15, -0.1) is 0 Å². The van der Waals surface area contributed by atoms with E-state index in [2.05, 4.69) is 10.3 Å². The molecule has 2 aromatic heterocycles. The number of carbonyl (C=O) groups excluding carboxylic acids is 2. The first-order valence-corrected chi connectivity index (χ1v) is 8.74. The Morgan fingerprint density at radius 3 is 2.70 bits per heavy atom. The Kier molecular flexibility index (Phi) is 4.42. The van der Waals surface area contributed by atoms with Crippen LogP contribution in [0.15, 0.2) is 65.7 Å². The molecule has 3 heterocycles. The molecular weight excluding hydrogens is 344 g/mol. The molecule has 7 nitrogen and oxygen atoms in total. The van der Waals surface area contributed by atoms with E-state index in [1.165, 1.54) is 15.5 Å². The van der Waals surface area contributed by atoms with Crippen molar-refractivity contribution in [1.29, 1.82) is 0 Å². The van der Waals surface area contributed by atoms with E-state index in [4.69, 9.17) is 0 Å². The average molecular weight is 362 g/mol. The fraction of sp³-hybridized carbons (Fsp3) is 0.200. The second-order valence-electron chi connectivity index (χ2n) is 6.40. The van der Waals surface area contributed by atoms with Crippen LogP contribution >= 0.6 is 0 Å². The quantitative estimate of drug-likeness (QED) is 0.750. The van der Waals surface area contributed by atoms with E-state index in [1.54, 1.807) is 24.4 Å². The van der Waals surface area contributed by atoms with Crippen molar-refractivity contribution < 1.29 is 9.59 Å². The van der Waals surface area contributed by atoms with Crippen molar-refractivity contribution in [1.82, 2.24) is 19.6 Å². The largest absolute Gasteiger partial charge is 0.353 e. The maximum absolute atomic E-state index is 13.1. The molecule has 0 unspecified atom stereocenters. The lowest BCUT2D eigenvalue weighted by Crippen LogP contribution is -2.58. The van der Waals surface area contributed by atoms with Crippen molar-refractivity contribution in [3.8, 4) is 0 Å². The predicted molar refractivity (Wildman–Crippen MR) is 99.4 cm³/mol. The molecule has 3 aromatic rings. The van der Waals surface area contributed by atoms with E-state index in [0.29, 0.717) is 25.2 Å². The summed E-state index contributed by atoms with van der Waals surface area (Å²) in [5, 5.41) is 2.80. The molecule has 1 aliphatic rings. The molecule has 1 atom stereocenters. The second kappa shape index (κ2) is 7.03. The number of nitrogens with one attached hydrogen (secondary N) is 1. The van der Waals surface area contributed by atoms with Crippen molar-refractivity contribution in [2.24, 2.45) is 0 Å². The standard InChI is InChI=1S/C20H18N4O3/c25-18-16(12-14-6-2-1-3-7-14)23(11-9-21-18)19(26)15-13-22-17-8-4-5-10-24(17)20(15)27/h1-8,10,13,16H,9,11-12H2,(H,21,25)/t16-/m0/s1. The lowest BCUT2D eigenvalue weighted by molar-refractivity contribution is -0.127. The zero-order valence-corrected chi connectivity index (χ0v) is 14.5. The SMILES string of the molecule is O=C1NCCN(C(=O)c2cnc3ccccn3c2=O)[C@H]1Cc1ccccc1. The van der Waals surface area contributed by atoms with Gasteiger partial charge in [0.1, 0.15) is 17.3 Å². The fourth-order valence-corrected chi connectivity index (χ4v) is 3.33. The molecule has 4 rings (SSSR count). The van der Waals surface area contributed by atoms with Crippen molar-refractivity contribution in [3.63, 3.8) is 0 Å². The summed E-state index contributed by atoms with van der Waals surface area (Å²) in [6.45, 7) is 0.706. The summed E-state index contributed by atoms with van der Waals surface area (Å²) in [5.41, 5.74) is 0.948. The van der Waals surface area contributed by atoms with Gasteiger partial charge in [0.25, 0.3) is 11.5 Å². The summed E-state index contributed by atoms with van der Waals surface area (Å²) in [5.74, 6) is -0.686. The maximum Gasteiger partial charge on any atom is 0.270 e. The highest BCUT2D eigenvalue weighted by atomic mass is 16.2. The smallest absolute Gasteiger partial charge is 0.270 e. The average Bonchev–Trinajstić information content (AvgIpc) is 2.70. The van der Waals surface area contributed by atoms with Crippen molar-refractivity contribution in [2.75, 3.05) is 13.1 Å². The first-order chi connectivity index (χ1) is 13.1. The monoisotopic (exact) mass is 362 g/mol. The summed E-state index contributed by atoms with van der Waals surface area (Å²) in [6, 6.07) is 14.0. The minimum absolute atomic E-state index is 0.0357. The van der Waals surface area contributed by atoms with Crippen LogP contribution < -0.4 is 10.9 Å². The third kappa shape index (κ3) is 3.19. The molecule has 0 bridgehead atoms. The van der Waals surface area contributed by atoms with Gasteiger partial charge in [-0.25, -0.2) is 4.98 Å². The van der Waals surface area contributed by atoms with Crippen molar-refractivity contribution in [3.05, 3.63) is 82.4 Å². The molecule has 1 saturated heterocycles. The topological polar surface area (TPSA) is 83.8 Å². The zero-order valence-electron chi connectivity index (χ0n) is 14.5. The van der Waals surface area contributed by atoms with Crippen molar-refractivity contribution in [2.45, 2.75) is 12.5 Å². The first-order valence-electron chi connectivity index (χ1n) is 8.74. The van der Waals surface area contributed by atoms with E-state index in [0.717, 1.165) is 5.56 Å². The molecular formula is C20H18N4O3. The summed E-state index contributed by atoms with van der Waals surface area (Å²) in [4.78, 5) is 43.9. The lowest BCUT2D eigenvalue weighted by Gasteiger charge is -2.35. The van der Waals surface area contributed by atoms with Crippen LogP contribution in [0.2, 0.25) is 0 Å². The highest BCUT2D eigenvalue weighted by Crippen LogP contribution is 2.14. The van der Waals surface area contributed by atoms with Crippen LogP contribution in [0.5, 0.6) is 0 Å². The molecule has 27 heavy (non-hydrogen) atoms.